The van der Waals surface area contributed by atoms with Crippen molar-refractivity contribution in [2.45, 2.75) is 38.7 Å². The minimum absolute atomic E-state index is 0.0714. The van der Waals surface area contributed by atoms with Gasteiger partial charge in [0.1, 0.15) is 0 Å². The molecule has 0 unspecified atom stereocenters. The number of rotatable bonds is 7. The standard InChI is InChI=1S/C16H24N2O2/c19-12-15-6-4-14(5-7-15)9-11-18-16(20)17-10-8-13-2-1-3-13/h4-7,13,19H,1-3,8-12H2,(H2,17,18,20). The molecule has 0 aliphatic heterocycles. The summed E-state index contributed by atoms with van der Waals surface area (Å²) < 4.78 is 0. The maximum absolute atomic E-state index is 11.6. The lowest BCUT2D eigenvalue weighted by Crippen LogP contribution is -2.37. The molecule has 0 bridgehead atoms. The van der Waals surface area contributed by atoms with Gasteiger partial charge in [-0.2, -0.15) is 0 Å². The Labute approximate surface area is 120 Å². The van der Waals surface area contributed by atoms with Crippen LogP contribution < -0.4 is 10.6 Å². The van der Waals surface area contributed by atoms with Gasteiger partial charge in [-0.25, -0.2) is 4.79 Å². The van der Waals surface area contributed by atoms with Gasteiger partial charge in [-0.05, 0) is 29.9 Å². The van der Waals surface area contributed by atoms with Crippen LogP contribution in [-0.4, -0.2) is 24.2 Å². The van der Waals surface area contributed by atoms with Gasteiger partial charge in [0.05, 0.1) is 6.61 Å². The van der Waals surface area contributed by atoms with Gasteiger partial charge in [-0.3, -0.25) is 0 Å². The molecule has 0 atom stereocenters. The fourth-order valence-corrected chi connectivity index (χ4v) is 2.37. The van der Waals surface area contributed by atoms with Crippen molar-refractivity contribution in [3.8, 4) is 0 Å². The van der Waals surface area contributed by atoms with Gasteiger partial charge in [0, 0.05) is 13.1 Å². The number of hydrogen-bond donors (Lipinski definition) is 3. The Balaban J connectivity index is 1.55. The largest absolute Gasteiger partial charge is 0.392 e. The first kappa shape index (κ1) is 14.9. The lowest BCUT2D eigenvalue weighted by molar-refractivity contribution is 0.237. The number of aliphatic hydroxyl groups is 1. The zero-order valence-corrected chi connectivity index (χ0v) is 11.9. The second kappa shape index (κ2) is 7.90. The first-order chi connectivity index (χ1) is 9.78. The Hall–Kier alpha value is -1.55. The zero-order valence-electron chi connectivity index (χ0n) is 11.9. The summed E-state index contributed by atoms with van der Waals surface area (Å²) in [5.41, 5.74) is 2.08. The van der Waals surface area contributed by atoms with Crippen LogP contribution in [0.4, 0.5) is 4.79 Å². The van der Waals surface area contributed by atoms with Crippen molar-refractivity contribution < 1.29 is 9.90 Å². The number of nitrogens with one attached hydrogen (secondary N) is 2. The maximum Gasteiger partial charge on any atom is 0.314 e. The van der Waals surface area contributed by atoms with E-state index in [9.17, 15) is 4.79 Å². The molecule has 0 saturated heterocycles. The third-order valence-corrected chi connectivity index (χ3v) is 3.97. The van der Waals surface area contributed by atoms with E-state index in [2.05, 4.69) is 10.6 Å². The van der Waals surface area contributed by atoms with Crippen molar-refractivity contribution in [1.82, 2.24) is 10.6 Å². The highest BCUT2D eigenvalue weighted by atomic mass is 16.3. The average molecular weight is 276 g/mol. The number of carbonyl (C=O) groups excluding carboxylic acids is 1. The Morgan fingerprint density at radius 3 is 2.35 bits per heavy atom. The first-order valence-corrected chi connectivity index (χ1v) is 7.48. The molecular weight excluding hydrogens is 252 g/mol. The van der Waals surface area contributed by atoms with Crippen LogP contribution in [0.25, 0.3) is 0 Å². The summed E-state index contributed by atoms with van der Waals surface area (Å²) in [5.74, 6) is 0.834. The number of benzene rings is 1. The lowest BCUT2D eigenvalue weighted by Gasteiger charge is -2.25. The summed E-state index contributed by atoms with van der Waals surface area (Å²) in [5, 5.41) is 14.7. The van der Waals surface area contributed by atoms with E-state index >= 15 is 0 Å². The molecule has 1 aliphatic rings. The SMILES string of the molecule is O=C(NCCc1ccc(CO)cc1)NCCC1CCC1. The van der Waals surface area contributed by atoms with Crippen molar-refractivity contribution in [2.75, 3.05) is 13.1 Å². The Morgan fingerprint density at radius 2 is 1.75 bits per heavy atom. The van der Waals surface area contributed by atoms with Crippen LogP contribution in [0.15, 0.2) is 24.3 Å². The molecule has 1 aromatic carbocycles. The molecule has 1 fully saturated rings. The molecule has 110 valence electrons. The smallest absolute Gasteiger partial charge is 0.314 e. The second-order valence-corrected chi connectivity index (χ2v) is 5.49. The summed E-state index contributed by atoms with van der Waals surface area (Å²) in [6, 6.07) is 7.72. The highest BCUT2D eigenvalue weighted by Gasteiger charge is 2.16. The highest BCUT2D eigenvalue weighted by Crippen LogP contribution is 2.28. The summed E-state index contributed by atoms with van der Waals surface area (Å²) in [6.45, 7) is 1.48. The van der Waals surface area contributed by atoms with Crippen LogP contribution in [0.5, 0.6) is 0 Å². The predicted molar refractivity (Wildman–Crippen MR) is 79.4 cm³/mol. The molecule has 0 spiro atoms. The van der Waals surface area contributed by atoms with Crippen LogP contribution >= 0.6 is 0 Å². The van der Waals surface area contributed by atoms with Crippen LogP contribution in [0.2, 0.25) is 0 Å². The summed E-state index contributed by atoms with van der Waals surface area (Å²) in [6.07, 6.45) is 5.92. The van der Waals surface area contributed by atoms with Gasteiger partial charge in [0.2, 0.25) is 0 Å². The van der Waals surface area contributed by atoms with E-state index < -0.39 is 0 Å². The minimum Gasteiger partial charge on any atom is -0.392 e. The highest BCUT2D eigenvalue weighted by molar-refractivity contribution is 5.73. The van der Waals surface area contributed by atoms with Crippen molar-refractivity contribution in [1.29, 1.82) is 0 Å². The number of urea groups is 1. The molecule has 0 heterocycles. The quantitative estimate of drug-likeness (QED) is 0.715. The van der Waals surface area contributed by atoms with E-state index in [4.69, 9.17) is 5.11 Å². The number of amides is 2. The van der Waals surface area contributed by atoms with E-state index in [0.717, 1.165) is 36.4 Å². The first-order valence-electron chi connectivity index (χ1n) is 7.48. The third-order valence-electron chi connectivity index (χ3n) is 3.97. The van der Waals surface area contributed by atoms with Gasteiger partial charge in [0.25, 0.3) is 0 Å². The third kappa shape index (κ3) is 4.85. The molecule has 0 aromatic heterocycles. The molecule has 1 saturated carbocycles. The van der Waals surface area contributed by atoms with Crippen molar-refractivity contribution in [2.24, 2.45) is 5.92 Å². The predicted octanol–water partition coefficient (Wildman–Crippen LogP) is 2.21. The normalized spacial score (nSPS) is 14.7. The molecule has 2 amide bonds. The summed E-state index contributed by atoms with van der Waals surface area (Å²) in [7, 11) is 0. The molecule has 20 heavy (non-hydrogen) atoms. The van der Waals surface area contributed by atoms with Gasteiger partial charge < -0.3 is 15.7 Å². The molecular formula is C16H24N2O2. The van der Waals surface area contributed by atoms with E-state index in [-0.39, 0.29) is 12.6 Å². The van der Waals surface area contributed by atoms with Crippen LogP contribution in [0.1, 0.15) is 36.8 Å². The monoisotopic (exact) mass is 276 g/mol. The van der Waals surface area contributed by atoms with Gasteiger partial charge in [-0.1, -0.05) is 43.5 Å². The van der Waals surface area contributed by atoms with E-state index in [1.807, 2.05) is 24.3 Å². The molecule has 0 radical (unpaired) electrons. The summed E-state index contributed by atoms with van der Waals surface area (Å²) in [4.78, 5) is 11.6. The Bertz CT molecular complexity index is 413. The van der Waals surface area contributed by atoms with Crippen molar-refractivity contribution >= 4 is 6.03 Å². The summed E-state index contributed by atoms with van der Waals surface area (Å²) >= 11 is 0. The van der Waals surface area contributed by atoms with E-state index in [1.54, 1.807) is 0 Å². The zero-order chi connectivity index (χ0) is 14.2. The van der Waals surface area contributed by atoms with E-state index in [1.165, 1.54) is 19.3 Å². The molecule has 1 aromatic rings. The lowest BCUT2D eigenvalue weighted by atomic mass is 9.83. The molecule has 4 nitrogen and oxygen atoms in total. The molecule has 3 N–H and O–H groups in total. The van der Waals surface area contributed by atoms with E-state index in [0.29, 0.717) is 6.54 Å². The second-order valence-electron chi connectivity index (χ2n) is 5.49. The fourth-order valence-electron chi connectivity index (χ4n) is 2.37. The minimum atomic E-state index is -0.0729. The van der Waals surface area contributed by atoms with Gasteiger partial charge >= 0.3 is 6.03 Å². The number of carbonyl (C=O) groups is 1. The molecule has 4 heteroatoms. The average Bonchev–Trinajstić information content (AvgIpc) is 2.42. The molecule has 1 aliphatic carbocycles. The van der Waals surface area contributed by atoms with Crippen molar-refractivity contribution in [3.63, 3.8) is 0 Å². The van der Waals surface area contributed by atoms with Gasteiger partial charge in [0.15, 0.2) is 0 Å². The fraction of sp³-hybridized carbons (Fsp3) is 0.562. The topological polar surface area (TPSA) is 61.4 Å². The maximum atomic E-state index is 11.6. The van der Waals surface area contributed by atoms with Crippen LogP contribution in [-0.2, 0) is 13.0 Å². The Morgan fingerprint density at radius 1 is 1.10 bits per heavy atom. The Kier molecular flexibility index (Phi) is 5.87. The van der Waals surface area contributed by atoms with Crippen LogP contribution in [0.3, 0.4) is 0 Å². The van der Waals surface area contributed by atoms with Crippen LogP contribution in [0, 0.1) is 5.92 Å². The van der Waals surface area contributed by atoms with Crippen molar-refractivity contribution in [3.05, 3.63) is 35.4 Å². The molecule has 2 rings (SSSR count). The number of aliphatic hydroxyl groups excluding tert-OH is 1. The number of hydrogen-bond acceptors (Lipinski definition) is 2. The van der Waals surface area contributed by atoms with Gasteiger partial charge in [-0.15, -0.1) is 0 Å².